The van der Waals surface area contributed by atoms with E-state index >= 15 is 0 Å². The van der Waals surface area contributed by atoms with Crippen LogP contribution in [0.15, 0.2) is 28.7 Å². The predicted octanol–water partition coefficient (Wildman–Crippen LogP) is 2.52. The summed E-state index contributed by atoms with van der Waals surface area (Å²) in [5, 5.41) is 0. The summed E-state index contributed by atoms with van der Waals surface area (Å²) in [5.74, 6) is -1.54. The molecule has 0 aromatic heterocycles. The third-order valence-corrected chi connectivity index (χ3v) is 3.83. The Bertz CT molecular complexity index is 597. The number of carbonyl (C=O) groups excluding carboxylic acids is 3. The molecule has 6 heteroatoms. The van der Waals surface area contributed by atoms with Crippen LogP contribution in [0.25, 0.3) is 0 Å². The summed E-state index contributed by atoms with van der Waals surface area (Å²) < 4.78 is 10.8. The number of Topliss-reactive ketones (excluding diaryl/α,β-unsaturated/α-hetero) is 1. The lowest BCUT2D eigenvalue weighted by Crippen LogP contribution is -2.32. The van der Waals surface area contributed by atoms with Crippen molar-refractivity contribution >= 4 is 33.7 Å². The Morgan fingerprint density at radius 1 is 1.38 bits per heavy atom. The van der Waals surface area contributed by atoms with E-state index in [9.17, 15) is 14.4 Å². The Morgan fingerprint density at radius 3 is 2.67 bits per heavy atom. The van der Waals surface area contributed by atoms with Crippen molar-refractivity contribution in [3.05, 3.63) is 34.3 Å². The smallest absolute Gasteiger partial charge is 0.324 e. The molecule has 0 radical (unpaired) electrons. The van der Waals surface area contributed by atoms with E-state index in [2.05, 4.69) is 15.9 Å². The van der Waals surface area contributed by atoms with Crippen LogP contribution in [0.1, 0.15) is 30.6 Å². The van der Waals surface area contributed by atoms with Crippen molar-refractivity contribution in [2.75, 3.05) is 6.61 Å². The fourth-order valence-electron chi connectivity index (χ4n) is 2.27. The topological polar surface area (TPSA) is 69.7 Å². The van der Waals surface area contributed by atoms with Crippen molar-refractivity contribution < 1.29 is 23.9 Å². The summed E-state index contributed by atoms with van der Waals surface area (Å²) in [6.07, 6.45) is -0.586. The number of hydrogen-bond acceptors (Lipinski definition) is 5. The first-order chi connectivity index (χ1) is 9.91. The van der Waals surface area contributed by atoms with Crippen LogP contribution in [-0.2, 0) is 19.1 Å². The molecular formula is C15H15BrO5. The van der Waals surface area contributed by atoms with Gasteiger partial charge in [0.2, 0.25) is 0 Å². The summed E-state index contributed by atoms with van der Waals surface area (Å²) in [5.41, 5.74) is -1.02. The van der Waals surface area contributed by atoms with Gasteiger partial charge in [0, 0.05) is 23.4 Å². The van der Waals surface area contributed by atoms with Gasteiger partial charge in [-0.05, 0) is 19.1 Å². The number of benzene rings is 1. The second kappa shape index (κ2) is 5.97. The molecule has 0 amide bonds. The zero-order valence-electron chi connectivity index (χ0n) is 11.7. The van der Waals surface area contributed by atoms with Gasteiger partial charge in [0.1, 0.15) is 6.10 Å². The van der Waals surface area contributed by atoms with Crippen LogP contribution in [0.4, 0.5) is 0 Å². The highest BCUT2D eigenvalue weighted by Crippen LogP contribution is 2.52. The minimum Gasteiger partial charge on any atom is -0.465 e. The number of esters is 2. The largest absolute Gasteiger partial charge is 0.465 e. The van der Waals surface area contributed by atoms with Gasteiger partial charge in [0.25, 0.3) is 0 Å². The second-order valence-corrected chi connectivity index (χ2v) is 5.75. The molecule has 2 rings (SSSR count). The highest BCUT2D eigenvalue weighted by Gasteiger charge is 2.69. The zero-order valence-corrected chi connectivity index (χ0v) is 13.3. The highest BCUT2D eigenvalue weighted by atomic mass is 79.9. The lowest BCUT2D eigenvalue weighted by molar-refractivity contribution is -0.151. The lowest BCUT2D eigenvalue weighted by atomic mass is 9.94. The zero-order chi connectivity index (χ0) is 15.6. The number of halogens is 1. The molecule has 1 unspecified atom stereocenters. The molecule has 1 aliphatic rings. The van der Waals surface area contributed by atoms with E-state index < -0.39 is 23.5 Å². The van der Waals surface area contributed by atoms with Crippen LogP contribution in [-0.4, -0.2) is 30.4 Å². The average Bonchev–Trinajstić information content (AvgIpc) is 3.12. The van der Waals surface area contributed by atoms with Crippen LogP contribution < -0.4 is 0 Å². The standard InChI is InChI=1S/C15H15BrO5/c1-3-20-14(19)15(8-12(15)21-9(2)17)13(18)10-5-4-6-11(16)7-10/h4-7,12H,3,8H2,1-2H3/t12?,15-/m1/s1. The minimum absolute atomic E-state index is 0.163. The average molecular weight is 355 g/mol. The van der Waals surface area contributed by atoms with Crippen molar-refractivity contribution in [1.82, 2.24) is 0 Å². The van der Waals surface area contributed by atoms with Crippen LogP contribution >= 0.6 is 15.9 Å². The molecule has 1 aromatic carbocycles. The molecule has 112 valence electrons. The maximum atomic E-state index is 12.7. The fraction of sp³-hybridized carbons (Fsp3) is 0.400. The highest BCUT2D eigenvalue weighted by molar-refractivity contribution is 9.10. The van der Waals surface area contributed by atoms with Crippen LogP contribution in [0.3, 0.4) is 0 Å². The molecule has 0 aliphatic heterocycles. The summed E-state index contributed by atoms with van der Waals surface area (Å²) in [4.78, 5) is 35.9. The molecule has 1 aromatic rings. The van der Waals surface area contributed by atoms with E-state index in [-0.39, 0.29) is 18.8 Å². The van der Waals surface area contributed by atoms with Crippen LogP contribution in [0.5, 0.6) is 0 Å². The number of ether oxygens (including phenoxy) is 2. The van der Waals surface area contributed by atoms with Gasteiger partial charge in [-0.25, -0.2) is 0 Å². The summed E-state index contributed by atoms with van der Waals surface area (Å²) >= 11 is 3.29. The molecule has 2 atom stereocenters. The molecule has 0 N–H and O–H groups in total. The van der Waals surface area contributed by atoms with Gasteiger partial charge in [-0.1, -0.05) is 28.1 Å². The lowest BCUT2D eigenvalue weighted by Gasteiger charge is -2.14. The number of ketones is 1. The molecule has 0 bridgehead atoms. The van der Waals surface area contributed by atoms with Crippen molar-refractivity contribution in [3.8, 4) is 0 Å². The first kappa shape index (κ1) is 15.7. The Balaban J connectivity index is 2.31. The Hall–Kier alpha value is -1.69. The maximum absolute atomic E-state index is 12.7. The molecule has 5 nitrogen and oxygen atoms in total. The van der Waals surface area contributed by atoms with Crippen molar-refractivity contribution in [1.29, 1.82) is 0 Å². The Labute approximate surface area is 130 Å². The number of rotatable bonds is 5. The first-order valence-electron chi connectivity index (χ1n) is 6.56. The normalized spacial score (nSPS) is 23.3. The molecule has 1 aliphatic carbocycles. The van der Waals surface area contributed by atoms with Gasteiger partial charge in [-0.2, -0.15) is 0 Å². The monoisotopic (exact) mass is 354 g/mol. The number of carbonyl (C=O) groups is 3. The molecule has 0 spiro atoms. The Morgan fingerprint density at radius 2 is 2.10 bits per heavy atom. The van der Waals surface area contributed by atoms with Crippen molar-refractivity contribution in [2.45, 2.75) is 26.4 Å². The van der Waals surface area contributed by atoms with Gasteiger partial charge in [-0.15, -0.1) is 0 Å². The minimum atomic E-state index is -1.40. The summed E-state index contributed by atoms with van der Waals surface area (Å²) in [6, 6.07) is 6.74. The van der Waals surface area contributed by atoms with E-state index in [0.717, 1.165) is 4.47 Å². The second-order valence-electron chi connectivity index (χ2n) is 4.83. The SMILES string of the molecule is CCOC(=O)[C@]1(C(=O)c2cccc(Br)c2)CC1OC(C)=O. The molecule has 1 fully saturated rings. The Kier molecular flexibility index (Phi) is 4.46. The molecule has 1 saturated carbocycles. The van der Waals surface area contributed by atoms with Gasteiger partial charge >= 0.3 is 11.9 Å². The van der Waals surface area contributed by atoms with Gasteiger partial charge < -0.3 is 9.47 Å². The first-order valence-corrected chi connectivity index (χ1v) is 7.36. The quantitative estimate of drug-likeness (QED) is 0.461. The molecule has 0 saturated heterocycles. The number of hydrogen-bond donors (Lipinski definition) is 0. The van der Waals surface area contributed by atoms with E-state index in [1.807, 2.05) is 0 Å². The fourth-order valence-corrected chi connectivity index (χ4v) is 2.67. The molecule has 21 heavy (non-hydrogen) atoms. The van der Waals surface area contributed by atoms with Crippen LogP contribution in [0, 0.1) is 5.41 Å². The third kappa shape index (κ3) is 3.00. The third-order valence-electron chi connectivity index (χ3n) is 3.34. The van der Waals surface area contributed by atoms with Gasteiger partial charge in [0.05, 0.1) is 6.61 Å². The van der Waals surface area contributed by atoms with Gasteiger partial charge in [0.15, 0.2) is 11.2 Å². The van der Waals surface area contributed by atoms with E-state index in [0.29, 0.717) is 5.56 Å². The summed E-state index contributed by atoms with van der Waals surface area (Å²) in [6.45, 7) is 3.08. The van der Waals surface area contributed by atoms with Crippen molar-refractivity contribution in [3.63, 3.8) is 0 Å². The molecular weight excluding hydrogens is 340 g/mol. The predicted molar refractivity (Wildman–Crippen MR) is 77.7 cm³/mol. The van der Waals surface area contributed by atoms with Gasteiger partial charge in [-0.3, -0.25) is 14.4 Å². The van der Waals surface area contributed by atoms with E-state index in [1.54, 1.807) is 31.2 Å². The van der Waals surface area contributed by atoms with E-state index in [4.69, 9.17) is 9.47 Å². The molecule has 0 heterocycles. The maximum Gasteiger partial charge on any atom is 0.324 e. The summed E-state index contributed by atoms with van der Waals surface area (Å²) in [7, 11) is 0. The van der Waals surface area contributed by atoms with E-state index in [1.165, 1.54) is 6.92 Å². The van der Waals surface area contributed by atoms with Crippen molar-refractivity contribution in [2.24, 2.45) is 5.41 Å². The van der Waals surface area contributed by atoms with Crippen LogP contribution in [0.2, 0.25) is 0 Å².